The molecular weight excluding hydrogens is 430 g/mol. The first kappa shape index (κ1) is 22.1. The summed E-state index contributed by atoms with van der Waals surface area (Å²) in [7, 11) is 0. The van der Waals surface area contributed by atoms with Crippen molar-refractivity contribution in [3.63, 3.8) is 0 Å². The summed E-state index contributed by atoms with van der Waals surface area (Å²) >= 11 is 0. The summed E-state index contributed by atoms with van der Waals surface area (Å²) in [5.41, 5.74) is -0.547. The molecule has 4 rings (SSSR count). The number of aromatic nitrogens is 3. The number of pyridine rings is 1. The second kappa shape index (κ2) is 9.15. The predicted molar refractivity (Wildman–Crippen MR) is 119 cm³/mol. The molecule has 9 heteroatoms. The van der Waals surface area contributed by atoms with Gasteiger partial charge in [-0.25, -0.2) is 23.1 Å². The van der Waals surface area contributed by atoms with Crippen LogP contribution in [0.1, 0.15) is 30.1 Å². The summed E-state index contributed by atoms with van der Waals surface area (Å²) in [6.45, 7) is 1.53. The minimum atomic E-state index is -1.22. The normalized spacial score (nSPS) is 12.9. The van der Waals surface area contributed by atoms with Crippen LogP contribution in [-0.2, 0) is 11.2 Å². The van der Waals surface area contributed by atoms with E-state index in [9.17, 15) is 23.2 Å². The van der Waals surface area contributed by atoms with Gasteiger partial charge < -0.3 is 5.32 Å². The van der Waals surface area contributed by atoms with E-state index < -0.39 is 40.9 Å². The van der Waals surface area contributed by atoms with Gasteiger partial charge in [0.15, 0.2) is 0 Å². The molecule has 2 atom stereocenters. The highest BCUT2D eigenvalue weighted by molar-refractivity contribution is 5.82. The molecule has 168 valence electrons. The van der Waals surface area contributed by atoms with Crippen LogP contribution in [0.3, 0.4) is 0 Å². The standard InChI is InChI=1S/C24H20F2N4O3/c1-14(17-10-9-16(25)13-19(17)26)28-22(31)20(12-15-6-3-2-4-7-15)30-23(32)18-8-5-11-27-21(18)29-24(30)33/h2-11,13-14,20H,12H2,1H3,(H,28,31)(H,27,29,33)/t14-,20+/m1/s1. The summed E-state index contributed by atoms with van der Waals surface area (Å²) in [5.74, 6) is -2.21. The third-order valence-corrected chi connectivity index (χ3v) is 5.38. The van der Waals surface area contributed by atoms with Crippen molar-refractivity contribution in [3.8, 4) is 0 Å². The minimum absolute atomic E-state index is 0.0417. The fourth-order valence-corrected chi connectivity index (χ4v) is 3.72. The molecule has 0 radical (unpaired) electrons. The smallest absolute Gasteiger partial charge is 0.330 e. The number of halogens is 2. The van der Waals surface area contributed by atoms with Crippen molar-refractivity contribution in [1.29, 1.82) is 0 Å². The number of rotatable bonds is 6. The zero-order valence-corrected chi connectivity index (χ0v) is 17.6. The number of aromatic amines is 1. The Morgan fingerprint density at radius 2 is 1.85 bits per heavy atom. The van der Waals surface area contributed by atoms with Crippen LogP contribution in [0.15, 0.2) is 76.4 Å². The van der Waals surface area contributed by atoms with E-state index in [0.29, 0.717) is 0 Å². The predicted octanol–water partition coefficient (Wildman–Crippen LogP) is 3.02. The van der Waals surface area contributed by atoms with Gasteiger partial charge in [0.25, 0.3) is 5.56 Å². The molecule has 2 heterocycles. The molecule has 0 saturated heterocycles. The average molecular weight is 450 g/mol. The Bertz CT molecular complexity index is 1430. The number of H-pyrrole nitrogens is 1. The van der Waals surface area contributed by atoms with Crippen LogP contribution in [0, 0.1) is 11.6 Å². The van der Waals surface area contributed by atoms with Crippen LogP contribution in [0.2, 0.25) is 0 Å². The highest BCUT2D eigenvalue weighted by Crippen LogP contribution is 2.20. The fraction of sp³-hybridized carbons (Fsp3) is 0.167. The first-order valence-electron chi connectivity index (χ1n) is 10.2. The van der Waals surface area contributed by atoms with Crippen molar-refractivity contribution in [2.24, 2.45) is 0 Å². The Labute approximate surface area is 186 Å². The molecule has 2 aromatic heterocycles. The van der Waals surface area contributed by atoms with E-state index in [4.69, 9.17) is 0 Å². The zero-order chi connectivity index (χ0) is 23.5. The lowest BCUT2D eigenvalue weighted by Gasteiger charge is -2.22. The summed E-state index contributed by atoms with van der Waals surface area (Å²) < 4.78 is 28.3. The van der Waals surface area contributed by atoms with Gasteiger partial charge in [0, 0.05) is 24.2 Å². The molecule has 0 spiro atoms. The first-order valence-corrected chi connectivity index (χ1v) is 10.2. The molecule has 4 aromatic rings. The average Bonchev–Trinajstić information content (AvgIpc) is 2.79. The molecule has 0 aliphatic carbocycles. The van der Waals surface area contributed by atoms with Crippen molar-refractivity contribution in [2.45, 2.75) is 25.4 Å². The quantitative estimate of drug-likeness (QED) is 0.472. The molecule has 1 amide bonds. The van der Waals surface area contributed by atoms with E-state index in [0.717, 1.165) is 22.3 Å². The Morgan fingerprint density at radius 1 is 1.09 bits per heavy atom. The van der Waals surface area contributed by atoms with E-state index in [2.05, 4.69) is 15.3 Å². The lowest BCUT2D eigenvalue weighted by atomic mass is 10.0. The van der Waals surface area contributed by atoms with Crippen LogP contribution < -0.4 is 16.6 Å². The van der Waals surface area contributed by atoms with Gasteiger partial charge >= 0.3 is 5.69 Å². The number of carbonyl (C=O) groups excluding carboxylic acids is 1. The first-order chi connectivity index (χ1) is 15.8. The van der Waals surface area contributed by atoms with Gasteiger partial charge in [0.2, 0.25) is 5.91 Å². The molecule has 0 aliphatic rings. The van der Waals surface area contributed by atoms with Gasteiger partial charge in [-0.3, -0.25) is 14.6 Å². The Hall–Kier alpha value is -4.14. The lowest BCUT2D eigenvalue weighted by molar-refractivity contribution is -0.125. The van der Waals surface area contributed by atoms with Gasteiger partial charge in [0.05, 0.1) is 11.4 Å². The minimum Gasteiger partial charge on any atom is -0.348 e. The second-order valence-corrected chi connectivity index (χ2v) is 7.61. The number of benzene rings is 2. The number of carbonyl (C=O) groups is 1. The summed E-state index contributed by atoms with van der Waals surface area (Å²) in [5, 5.41) is 2.80. The van der Waals surface area contributed by atoms with Crippen LogP contribution in [0.5, 0.6) is 0 Å². The van der Waals surface area contributed by atoms with E-state index in [1.165, 1.54) is 25.3 Å². The molecule has 33 heavy (non-hydrogen) atoms. The number of fused-ring (bicyclic) bond motifs is 1. The third-order valence-electron chi connectivity index (χ3n) is 5.38. The van der Waals surface area contributed by atoms with Crippen LogP contribution in [0.25, 0.3) is 11.0 Å². The monoisotopic (exact) mass is 450 g/mol. The van der Waals surface area contributed by atoms with Gasteiger partial charge in [0.1, 0.15) is 23.3 Å². The van der Waals surface area contributed by atoms with E-state index >= 15 is 0 Å². The number of hydrogen-bond acceptors (Lipinski definition) is 4. The molecule has 0 saturated carbocycles. The van der Waals surface area contributed by atoms with Crippen LogP contribution in [-0.4, -0.2) is 20.4 Å². The van der Waals surface area contributed by atoms with E-state index in [1.807, 2.05) is 0 Å². The number of nitrogens with one attached hydrogen (secondary N) is 2. The SMILES string of the molecule is C[C@@H](NC(=O)[C@H](Cc1ccccc1)n1c(=O)[nH]c2ncccc2c1=O)c1ccc(F)cc1F. The van der Waals surface area contributed by atoms with Crippen molar-refractivity contribution >= 4 is 16.9 Å². The molecule has 0 unspecified atom stereocenters. The fourth-order valence-electron chi connectivity index (χ4n) is 3.72. The van der Waals surface area contributed by atoms with Crippen LogP contribution >= 0.6 is 0 Å². The van der Waals surface area contributed by atoms with E-state index in [-0.39, 0.29) is 23.0 Å². The van der Waals surface area contributed by atoms with Crippen LogP contribution in [0.4, 0.5) is 8.78 Å². The summed E-state index contributed by atoms with van der Waals surface area (Å²) in [6, 6.07) is 12.9. The molecule has 0 bridgehead atoms. The van der Waals surface area contributed by atoms with Gasteiger partial charge in [-0.05, 0) is 30.7 Å². The number of hydrogen-bond donors (Lipinski definition) is 2. The maximum absolute atomic E-state index is 14.2. The highest BCUT2D eigenvalue weighted by Gasteiger charge is 2.27. The van der Waals surface area contributed by atoms with E-state index in [1.54, 1.807) is 36.4 Å². The van der Waals surface area contributed by atoms with Crippen molar-refractivity contribution in [2.75, 3.05) is 0 Å². The summed E-state index contributed by atoms with van der Waals surface area (Å²) in [4.78, 5) is 45.8. The topological polar surface area (TPSA) is 96.8 Å². The van der Waals surface area contributed by atoms with Gasteiger partial charge in [-0.1, -0.05) is 36.4 Å². The Kier molecular flexibility index (Phi) is 6.12. The number of amides is 1. The second-order valence-electron chi connectivity index (χ2n) is 7.61. The highest BCUT2D eigenvalue weighted by atomic mass is 19.1. The Balaban J connectivity index is 1.76. The largest absolute Gasteiger partial charge is 0.348 e. The molecular formula is C24H20F2N4O3. The maximum Gasteiger partial charge on any atom is 0.330 e. The molecule has 2 N–H and O–H groups in total. The van der Waals surface area contributed by atoms with Crippen molar-refractivity contribution in [1.82, 2.24) is 19.9 Å². The molecule has 7 nitrogen and oxygen atoms in total. The zero-order valence-electron chi connectivity index (χ0n) is 17.6. The third kappa shape index (κ3) is 4.57. The van der Waals surface area contributed by atoms with Gasteiger partial charge in [-0.15, -0.1) is 0 Å². The molecule has 0 fully saturated rings. The van der Waals surface area contributed by atoms with Crippen molar-refractivity contribution in [3.05, 3.63) is 110 Å². The maximum atomic E-state index is 14.2. The lowest BCUT2D eigenvalue weighted by Crippen LogP contribution is -2.46. The van der Waals surface area contributed by atoms with Crippen molar-refractivity contribution < 1.29 is 13.6 Å². The van der Waals surface area contributed by atoms with Gasteiger partial charge in [-0.2, -0.15) is 0 Å². The number of nitrogens with zero attached hydrogens (tertiary/aromatic N) is 2. The summed E-state index contributed by atoms with van der Waals surface area (Å²) in [6.07, 6.45) is 1.48. The molecule has 2 aromatic carbocycles. The molecule has 0 aliphatic heterocycles. The Morgan fingerprint density at radius 3 is 2.58 bits per heavy atom.